The van der Waals surface area contributed by atoms with E-state index < -0.39 is 5.91 Å². The summed E-state index contributed by atoms with van der Waals surface area (Å²) in [6, 6.07) is 12.2. The van der Waals surface area contributed by atoms with Crippen molar-refractivity contribution < 1.29 is 19.3 Å². The number of aromatic nitrogens is 4. The van der Waals surface area contributed by atoms with Crippen LogP contribution >= 0.6 is 0 Å². The van der Waals surface area contributed by atoms with Crippen LogP contribution in [-0.2, 0) is 11.3 Å². The number of rotatable bonds is 6. The molecule has 2 heterocycles. The number of nitrogens with zero attached hydrogens (tertiary/aromatic N) is 5. The number of hydrazone groups is 1. The van der Waals surface area contributed by atoms with Crippen molar-refractivity contribution >= 4 is 29.0 Å². The normalized spacial score (nSPS) is 11.2. The quantitative estimate of drug-likeness (QED) is 0.321. The van der Waals surface area contributed by atoms with Crippen LogP contribution in [0.4, 0.5) is 5.82 Å². The number of hydrogen-bond donors (Lipinski definition) is 3. The minimum Gasteiger partial charge on any atom is -0.504 e. The van der Waals surface area contributed by atoms with E-state index in [9.17, 15) is 9.90 Å². The molecule has 0 fully saturated rings. The molecule has 152 valence electrons. The molecule has 0 radical (unpaired) electrons. The summed E-state index contributed by atoms with van der Waals surface area (Å²) in [5, 5.41) is 21.3. The molecule has 0 saturated heterocycles. The zero-order valence-corrected chi connectivity index (χ0v) is 15.8. The minimum atomic E-state index is -0.423. The first kappa shape index (κ1) is 18.9. The number of aromatic hydroxyl groups is 1. The van der Waals surface area contributed by atoms with E-state index in [4.69, 9.17) is 10.5 Å². The Morgan fingerprint density at radius 2 is 2.13 bits per heavy atom. The van der Waals surface area contributed by atoms with Gasteiger partial charge in [0.05, 0.1) is 24.4 Å². The van der Waals surface area contributed by atoms with Crippen molar-refractivity contribution in [1.29, 1.82) is 0 Å². The number of phenols is 1. The lowest BCUT2D eigenvalue weighted by Crippen LogP contribution is -2.23. The van der Waals surface area contributed by atoms with Crippen molar-refractivity contribution in [2.24, 2.45) is 5.10 Å². The Balaban J connectivity index is 1.57. The molecule has 0 unspecified atom stereocenters. The molecule has 0 aliphatic carbocycles. The number of carbonyl (C=O) groups is 1. The van der Waals surface area contributed by atoms with Crippen molar-refractivity contribution in [1.82, 2.24) is 25.3 Å². The van der Waals surface area contributed by atoms with E-state index >= 15 is 0 Å². The number of nitrogen functional groups attached to an aromatic ring is 1. The van der Waals surface area contributed by atoms with Crippen molar-refractivity contribution in [3.05, 3.63) is 48.0 Å². The van der Waals surface area contributed by atoms with Crippen LogP contribution in [0.25, 0.3) is 22.6 Å². The molecule has 1 amide bonds. The third-order valence-corrected chi connectivity index (χ3v) is 4.32. The number of amides is 1. The fourth-order valence-corrected chi connectivity index (χ4v) is 2.93. The molecule has 0 aliphatic heterocycles. The van der Waals surface area contributed by atoms with Crippen molar-refractivity contribution in [3.63, 3.8) is 0 Å². The van der Waals surface area contributed by atoms with Crippen LogP contribution in [0.1, 0.15) is 5.56 Å². The zero-order chi connectivity index (χ0) is 21.1. The maximum atomic E-state index is 12.5. The summed E-state index contributed by atoms with van der Waals surface area (Å²) in [4.78, 5) is 17.0. The molecule has 4 aromatic rings. The molecule has 11 nitrogen and oxygen atoms in total. The van der Waals surface area contributed by atoms with Gasteiger partial charge in [0.2, 0.25) is 0 Å². The number of hydrogen-bond acceptors (Lipinski definition) is 9. The highest BCUT2D eigenvalue weighted by Gasteiger charge is 2.20. The van der Waals surface area contributed by atoms with Gasteiger partial charge in [-0.25, -0.2) is 15.0 Å². The van der Waals surface area contributed by atoms with E-state index in [-0.39, 0.29) is 23.8 Å². The fourth-order valence-electron chi connectivity index (χ4n) is 2.93. The Morgan fingerprint density at radius 3 is 2.90 bits per heavy atom. The van der Waals surface area contributed by atoms with Gasteiger partial charge in [-0.2, -0.15) is 5.10 Å². The molecule has 0 aliphatic rings. The Labute approximate surface area is 169 Å². The Morgan fingerprint density at radius 1 is 1.30 bits per heavy atom. The van der Waals surface area contributed by atoms with Gasteiger partial charge in [-0.15, -0.1) is 0 Å². The molecule has 30 heavy (non-hydrogen) atoms. The highest BCUT2D eigenvalue weighted by atomic mass is 16.6. The third-order valence-electron chi connectivity index (χ3n) is 4.32. The highest BCUT2D eigenvalue weighted by Crippen LogP contribution is 2.28. The number of methoxy groups -OCH3 is 1. The lowest BCUT2D eigenvalue weighted by Gasteiger charge is -2.07. The van der Waals surface area contributed by atoms with Gasteiger partial charge in [-0.3, -0.25) is 4.79 Å². The maximum Gasteiger partial charge on any atom is 0.260 e. The summed E-state index contributed by atoms with van der Waals surface area (Å²) in [6.07, 6.45) is 1.32. The van der Waals surface area contributed by atoms with Gasteiger partial charge < -0.3 is 20.1 Å². The largest absolute Gasteiger partial charge is 0.504 e. The van der Waals surface area contributed by atoms with Gasteiger partial charge >= 0.3 is 0 Å². The van der Waals surface area contributed by atoms with Gasteiger partial charge in [-0.05, 0) is 34.6 Å². The van der Waals surface area contributed by atoms with Crippen LogP contribution in [0.2, 0.25) is 0 Å². The van der Waals surface area contributed by atoms with Gasteiger partial charge in [0, 0.05) is 5.56 Å². The van der Waals surface area contributed by atoms with E-state index in [1.54, 1.807) is 28.8 Å². The van der Waals surface area contributed by atoms with Crippen LogP contribution in [-0.4, -0.2) is 44.2 Å². The van der Waals surface area contributed by atoms with Crippen molar-refractivity contribution in [3.8, 4) is 23.0 Å². The maximum absolute atomic E-state index is 12.5. The first-order valence-corrected chi connectivity index (χ1v) is 8.80. The molecule has 4 rings (SSSR count). The van der Waals surface area contributed by atoms with Crippen LogP contribution < -0.4 is 15.9 Å². The molecular formula is C19H17N7O4. The van der Waals surface area contributed by atoms with Gasteiger partial charge in [0.1, 0.15) is 6.54 Å². The number of ether oxygens (including phenoxy) is 1. The average molecular weight is 407 g/mol. The van der Waals surface area contributed by atoms with Crippen molar-refractivity contribution in [2.75, 3.05) is 12.8 Å². The predicted octanol–water partition coefficient (Wildman–Crippen LogP) is 1.53. The summed E-state index contributed by atoms with van der Waals surface area (Å²) in [7, 11) is 1.45. The Kier molecular flexibility index (Phi) is 4.99. The summed E-state index contributed by atoms with van der Waals surface area (Å²) in [5.41, 5.74) is 10.2. The van der Waals surface area contributed by atoms with Crippen LogP contribution in [0.3, 0.4) is 0 Å². The Bertz CT molecular complexity index is 1240. The topological polar surface area (TPSA) is 154 Å². The third kappa shape index (κ3) is 3.51. The summed E-state index contributed by atoms with van der Waals surface area (Å²) in [5.74, 6) is 0.222. The second-order valence-electron chi connectivity index (χ2n) is 6.20. The van der Waals surface area contributed by atoms with Crippen LogP contribution in [0.5, 0.6) is 11.5 Å². The number of para-hydroxylation sites is 3. The van der Waals surface area contributed by atoms with Gasteiger partial charge in [0.15, 0.2) is 28.8 Å². The predicted molar refractivity (Wildman–Crippen MR) is 108 cm³/mol. The molecule has 4 N–H and O–H groups in total. The average Bonchev–Trinajstić information content (AvgIpc) is 3.32. The summed E-state index contributed by atoms with van der Waals surface area (Å²) < 4.78 is 11.3. The Hall–Kier alpha value is -4.41. The van der Waals surface area contributed by atoms with Gasteiger partial charge in [-0.1, -0.05) is 18.2 Å². The molecule has 0 spiro atoms. The first-order chi connectivity index (χ1) is 14.6. The molecule has 0 atom stereocenters. The number of fused-ring (bicyclic) bond motifs is 1. The number of nitrogens with one attached hydrogen (secondary N) is 1. The summed E-state index contributed by atoms with van der Waals surface area (Å²) in [6.45, 7) is -0.108. The molecule has 2 aromatic heterocycles. The molecule has 11 heteroatoms. The summed E-state index contributed by atoms with van der Waals surface area (Å²) >= 11 is 0. The number of carbonyl (C=O) groups excluding carboxylic acids is 1. The lowest BCUT2D eigenvalue weighted by molar-refractivity contribution is -0.121. The second-order valence-corrected chi connectivity index (χ2v) is 6.20. The van der Waals surface area contributed by atoms with E-state index in [2.05, 4.69) is 30.5 Å². The number of nitrogens with two attached hydrogens (primary N) is 1. The van der Waals surface area contributed by atoms with E-state index in [1.165, 1.54) is 13.3 Å². The van der Waals surface area contributed by atoms with E-state index in [1.807, 2.05) is 18.2 Å². The van der Waals surface area contributed by atoms with E-state index in [0.717, 1.165) is 0 Å². The highest BCUT2D eigenvalue weighted by molar-refractivity contribution is 5.87. The fraction of sp³-hybridized carbons (Fsp3) is 0.105. The molecule has 2 aromatic carbocycles. The first-order valence-electron chi connectivity index (χ1n) is 8.80. The SMILES string of the molecule is COc1cccc(C=NNC(=O)Cn2c(-c3nonc3N)nc3ccccc32)c1O. The molecule has 0 saturated carbocycles. The van der Waals surface area contributed by atoms with Crippen LogP contribution in [0, 0.1) is 0 Å². The monoisotopic (exact) mass is 407 g/mol. The van der Waals surface area contributed by atoms with E-state index in [0.29, 0.717) is 28.2 Å². The van der Waals surface area contributed by atoms with Gasteiger partial charge in [0.25, 0.3) is 5.91 Å². The second kappa shape index (κ2) is 7.91. The van der Waals surface area contributed by atoms with Crippen LogP contribution in [0.15, 0.2) is 52.2 Å². The van der Waals surface area contributed by atoms with Crippen molar-refractivity contribution in [2.45, 2.75) is 6.54 Å². The molecule has 0 bridgehead atoms. The minimum absolute atomic E-state index is 0.0680. The number of anilines is 1. The zero-order valence-electron chi connectivity index (χ0n) is 15.8. The smallest absolute Gasteiger partial charge is 0.260 e. The molecular weight excluding hydrogens is 390 g/mol. The standard InChI is InChI=1S/C19H17N7O4/c1-29-14-8-4-5-11(17(14)28)9-21-23-15(27)10-26-13-7-3-2-6-12(13)22-19(26)16-18(20)25-30-24-16/h2-9,28H,10H2,1H3,(H2,20,25)(H,23,27). The lowest BCUT2D eigenvalue weighted by atomic mass is 10.2. The number of phenolic OH excluding ortho intramolecular Hbond substituents is 1. The number of benzene rings is 2. The number of imidazole rings is 1.